The molecule has 1 aliphatic rings. The van der Waals surface area contributed by atoms with Gasteiger partial charge in [-0.3, -0.25) is 4.79 Å². The summed E-state index contributed by atoms with van der Waals surface area (Å²) in [5, 5.41) is 11.5. The Morgan fingerprint density at radius 3 is 2.48 bits per heavy atom. The molecule has 0 saturated heterocycles. The molecule has 3 aromatic carbocycles. The minimum atomic E-state index is -0.903. The van der Waals surface area contributed by atoms with Gasteiger partial charge in [0, 0.05) is 44.2 Å². The van der Waals surface area contributed by atoms with Gasteiger partial charge in [0.15, 0.2) is 5.58 Å². The van der Waals surface area contributed by atoms with Gasteiger partial charge in [0.1, 0.15) is 5.52 Å². The number of aromatic nitrogens is 1. The van der Waals surface area contributed by atoms with E-state index in [0.29, 0.717) is 11.5 Å². The predicted molar refractivity (Wildman–Crippen MR) is 129 cm³/mol. The van der Waals surface area contributed by atoms with Crippen LogP contribution in [0.1, 0.15) is 18.4 Å². The zero-order chi connectivity index (χ0) is 23.0. The third-order valence-electron chi connectivity index (χ3n) is 5.65. The SMILES string of the molecule is CC(=O)Nc1ccc(N(C)C)c(-c2ccc(C3(c4nc5ccccc5o4)C=CN=N3)cc2)c1. The molecule has 2 heterocycles. The van der Waals surface area contributed by atoms with E-state index in [0.717, 1.165) is 33.6 Å². The summed E-state index contributed by atoms with van der Waals surface area (Å²) in [6.07, 6.45) is 3.57. The molecular weight excluding hydrogens is 414 g/mol. The molecule has 1 N–H and O–H groups in total. The first-order valence-corrected chi connectivity index (χ1v) is 10.6. The van der Waals surface area contributed by atoms with Crippen molar-refractivity contribution in [2.24, 2.45) is 10.2 Å². The van der Waals surface area contributed by atoms with Crippen LogP contribution in [0.3, 0.4) is 0 Å². The van der Waals surface area contributed by atoms with Crippen LogP contribution in [0.2, 0.25) is 0 Å². The number of anilines is 2. The number of hydrogen-bond donors (Lipinski definition) is 1. The number of nitrogens with zero attached hydrogens (tertiary/aromatic N) is 4. The second kappa shape index (κ2) is 8.02. The highest BCUT2D eigenvalue weighted by molar-refractivity contribution is 5.91. The molecule has 0 radical (unpaired) electrons. The van der Waals surface area contributed by atoms with Crippen molar-refractivity contribution in [1.82, 2.24) is 4.98 Å². The van der Waals surface area contributed by atoms with Gasteiger partial charge in [-0.15, -0.1) is 0 Å². The van der Waals surface area contributed by atoms with Crippen LogP contribution < -0.4 is 10.2 Å². The second-order valence-electron chi connectivity index (χ2n) is 8.17. The number of fused-ring (bicyclic) bond motifs is 1. The zero-order valence-corrected chi connectivity index (χ0v) is 18.6. The summed E-state index contributed by atoms with van der Waals surface area (Å²) in [5.41, 5.74) is 5.32. The lowest BCUT2D eigenvalue weighted by molar-refractivity contribution is -0.114. The lowest BCUT2D eigenvalue weighted by atomic mass is 9.89. The molecule has 5 rings (SSSR count). The summed E-state index contributed by atoms with van der Waals surface area (Å²) in [4.78, 5) is 18.3. The average molecular weight is 438 g/mol. The van der Waals surface area contributed by atoms with Crippen molar-refractivity contribution >= 4 is 28.4 Å². The third kappa shape index (κ3) is 3.67. The minimum Gasteiger partial charge on any atom is -0.437 e. The largest absolute Gasteiger partial charge is 0.437 e. The van der Waals surface area contributed by atoms with Crippen molar-refractivity contribution in [3.05, 3.63) is 90.5 Å². The third-order valence-corrected chi connectivity index (χ3v) is 5.65. The van der Waals surface area contributed by atoms with Crippen molar-refractivity contribution in [1.29, 1.82) is 0 Å². The Bertz CT molecular complexity index is 1350. The molecule has 0 aliphatic carbocycles. The quantitative estimate of drug-likeness (QED) is 0.431. The minimum absolute atomic E-state index is 0.104. The van der Waals surface area contributed by atoms with Gasteiger partial charge < -0.3 is 14.6 Å². The first-order chi connectivity index (χ1) is 16.0. The number of carbonyl (C=O) groups excluding carboxylic acids is 1. The Labute approximate surface area is 191 Å². The fourth-order valence-electron chi connectivity index (χ4n) is 4.07. The van der Waals surface area contributed by atoms with E-state index in [1.54, 1.807) is 6.20 Å². The molecule has 164 valence electrons. The molecule has 0 fully saturated rings. The standard InChI is InChI=1S/C26H23N5O2/c1-17(32)28-20-12-13-23(31(2)3)21(16-20)18-8-10-19(11-9-18)26(14-15-27-30-26)25-29-22-6-4-5-7-24(22)33-25/h4-16H,1-3H3,(H,28,32). The number of amides is 1. The molecule has 1 amide bonds. The maximum Gasteiger partial charge on any atom is 0.234 e. The molecule has 1 unspecified atom stereocenters. The van der Waals surface area contributed by atoms with Crippen LogP contribution in [0.25, 0.3) is 22.2 Å². The van der Waals surface area contributed by atoms with E-state index < -0.39 is 5.54 Å². The fourth-order valence-corrected chi connectivity index (χ4v) is 4.07. The van der Waals surface area contributed by atoms with Gasteiger partial charge >= 0.3 is 0 Å². The summed E-state index contributed by atoms with van der Waals surface area (Å²) in [7, 11) is 3.99. The normalized spacial score (nSPS) is 16.9. The van der Waals surface area contributed by atoms with Gasteiger partial charge in [-0.25, -0.2) is 4.98 Å². The molecular formula is C26H23N5O2. The average Bonchev–Trinajstić information content (AvgIpc) is 3.47. The summed E-state index contributed by atoms with van der Waals surface area (Å²) in [5.74, 6) is 0.378. The topological polar surface area (TPSA) is 83.1 Å². The number of azo groups is 1. The molecule has 0 spiro atoms. The predicted octanol–water partition coefficient (Wildman–Crippen LogP) is 5.74. The van der Waals surface area contributed by atoms with Crippen LogP contribution in [0, 0.1) is 0 Å². The van der Waals surface area contributed by atoms with Crippen LogP contribution in [0.4, 0.5) is 11.4 Å². The maximum absolute atomic E-state index is 11.5. The molecule has 33 heavy (non-hydrogen) atoms. The maximum atomic E-state index is 11.5. The summed E-state index contributed by atoms with van der Waals surface area (Å²) in [6.45, 7) is 1.50. The van der Waals surface area contributed by atoms with E-state index >= 15 is 0 Å². The van der Waals surface area contributed by atoms with Crippen LogP contribution >= 0.6 is 0 Å². The first-order valence-electron chi connectivity index (χ1n) is 10.6. The lowest BCUT2D eigenvalue weighted by Gasteiger charge is -2.21. The van der Waals surface area contributed by atoms with Crippen molar-refractivity contribution in [3.63, 3.8) is 0 Å². The Balaban J connectivity index is 1.57. The Morgan fingerprint density at radius 1 is 1.03 bits per heavy atom. The summed E-state index contributed by atoms with van der Waals surface area (Å²) >= 11 is 0. The van der Waals surface area contributed by atoms with Crippen molar-refractivity contribution in [2.75, 3.05) is 24.3 Å². The molecule has 1 aliphatic heterocycles. The Hall–Kier alpha value is -4.26. The number of nitrogens with one attached hydrogen (secondary N) is 1. The smallest absolute Gasteiger partial charge is 0.234 e. The molecule has 7 nitrogen and oxygen atoms in total. The fraction of sp³-hybridized carbons (Fsp3) is 0.154. The van der Waals surface area contributed by atoms with Gasteiger partial charge in [-0.1, -0.05) is 36.4 Å². The Kier molecular flexibility index (Phi) is 5.01. The molecule has 1 aromatic heterocycles. The highest BCUT2D eigenvalue weighted by Crippen LogP contribution is 2.41. The molecule has 7 heteroatoms. The number of benzene rings is 3. The van der Waals surface area contributed by atoms with Gasteiger partial charge in [-0.2, -0.15) is 10.2 Å². The van der Waals surface area contributed by atoms with E-state index in [2.05, 4.69) is 25.4 Å². The monoisotopic (exact) mass is 437 g/mol. The van der Waals surface area contributed by atoms with Crippen LogP contribution in [0.15, 0.2) is 93.7 Å². The van der Waals surface area contributed by atoms with Crippen molar-refractivity contribution in [2.45, 2.75) is 12.5 Å². The van der Waals surface area contributed by atoms with Gasteiger partial charge in [0.25, 0.3) is 0 Å². The molecule has 4 aromatic rings. The van der Waals surface area contributed by atoms with Gasteiger partial charge in [0.2, 0.25) is 17.3 Å². The number of carbonyl (C=O) groups is 1. The van der Waals surface area contributed by atoms with Crippen LogP contribution in [0.5, 0.6) is 0 Å². The summed E-state index contributed by atoms with van der Waals surface area (Å²) < 4.78 is 6.06. The van der Waals surface area contributed by atoms with E-state index in [1.165, 1.54) is 6.92 Å². The van der Waals surface area contributed by atoms with E-state index in [-0.39, 0.29) is 5.91 Å². The highest BCUT2D eigenvalue weighted by atomic mass is 16.4. The van der Waals surface area contributed by atoms with E-state index in [4.69, 9.17) is 4.42 Å². The number of para-hydroxylation sites is 2. The molecule has 0 saturated carbocycles. The molecule has 1 atom stereocenters. The Morgan fingerprint density at radius 2 is 1.82 bits per heavy atom. The number of hydrogen-bond acceptors (Lipinski definition) is 6. The van der Waals surface area contributed by atoms with Crippen molar-refractivity contribution in [3.8, 4) is 11.1 Å². The second-order valence-corrected chi connectivity index (χ2v) is 8.17. The van der Waals surface area contributed by atoms with Crippen LogP contribution in [-0.2, 0) is 10.3 Å². The van der Waals surface area contributed by atoms with Crippen molar-refractivity contribution < 1.29 is 9.21 Å². The number of rotatable bonds is 5. The van der Waals surface area contributed by atoms with Gasteiger partial charge in [0.05, 0.1) is 0 Å². The van der Waals surface area contributed by atoms with E-state index in [9.17, 15) is 4.79 Å². The molecule has 0 bridgehead atoms. The van der Waals surface area contributed by atoms with Gasteiger partial charge in [-0.05, 0) is 47.5 Å². The first kappa shape index (κ1) is 20.6. The van der Waals surface area contributed by atoms with E-state index in [1.807, 2.05) is 86.9 Å². The lowest BCUT2D eigenvalue weighted by Crippen LogP contribution is -2.21. The van der Waals surface area contributed by atoms with Crippen LogP contribution in [-0.4, -0.2) is 25.0 Å². The summed E-state index contributed by atoms with van der Waals surface area (Å²) in [6, 6.07) is 21.7. The highest BCUT2D eigenvalue weighted by Gasteiger charge is 2.39. The number of oxazole rings is 1. The zero-order valence-electron chi connectivity index (χ0n) is 18.6.